The molecule has 1 aromatic rings. The SMILES string of the molecule is C1CCNCC1.C=C/C=C\C=C/C.CC.CC(C)C(=O)N1CCCC1.CCC(=O)N(CCOCCO)CCN(C)C.CCC(C)c1ccccn1. The highest BCUT2D eigenvalue weighted by Gasteiger charge is 2.19. The van der Waals surface area contributed by atoms with Crippen LogP contribution in [-0.2, 0) is 14.3 Å². The summed E-state index contributed by atoms with van der Waals surface area (Å²) in [6, 6.07) is 6.06. The first-order valence-corrected chi connectivity index (χ1v) is 19.5. The zero-order valence-corrected chi connectivity index (χ0v) is 34.5. The predicted octanol–water partition coefficient (Wildman–Crippen LogP) is 7.75. The lowest BCUT2D eigenvalue weighted by Gasteiger charge is -2.23. The molecule has 1 atom stereocenters. The third-order valence-corrected chi connectivity index (χ3v) is 7.69. The molecule has 296 valence electrons. The van der Waals surface area contributed by atoms with Crippen LogP contribution in [-0.4, -0.2) is 116 Å². The Kier molecular flexibility index (Phi) is 41.1. The van der Waals surface area contributed by atoms with E-state index in [0.29, 0.717) is 38.0 Å². The number of pyridine rings is 1. The smallest absolute Gasteiger partial charge is 0.225 e. The first-order chi connectivity index (χ1) is 24.6. The molecule has 1 unspecified atom stereocenters. The molecular weight excluding hydrogens is 638 g/mol. The van der Waals surface area contributed by atoms with Crippen LogP contribution in [0.1, 0.15) is 112 Å². The van der Waals surface area contributed by atoms with Gasteiger partial charge in [-0.3, -0.25) is 14.6 Å². The van der Waals surface area contributed by atoms with Crippen molar-refractivity contribution in [1.82, 2.24) is 25.0 Å². The van der Waals surface area contributed by atoms with E-state index in [9.17, 15) is 9.59 Å². The van der Waals surface area contributed by atoms with Gasteiger partial charge in [0, 0.05) is 57.0 Å². The fourth-order valence-electron chi connectivity index (χ4n) is 4.48. The van der Waals surface area contributed by atoms with Gasteiger partial charge < -0.3 is 29.9 Å². The van der Waals surface area contributed by atoms with Crippen molar-refractivity contribution < 1.29 is 19.4 Å². The maximum absolute atomic E-state index is 11.6. The van der Waals surface area contributed by atoms with E-state index in [1.165, 1.54) is 50.9 Å². The van der Waals surface area contributed by atoms with Gasteiger partial charge in [-0.2, -0.15) is 0 Å². The van der Waals surface area contributed by atoms with Crippen molar-refractivity contribution in [1.29, 1.82) is 0 Å². The fraction of sp³-hybridized carbons (Fsp3) is 0.690. The summed E-state index contributed by atoms with van der Waals surface area (Å²) in [6.07, 6.45) is 19.6. The Balaban J connectivity index is -0.000000579. The molecule has 9 heteroatoms. The minimum Gasteiger partial charge on any atom is -0.394 e. The van der Waals surface area contributed by atoms with Gasteiger partial charge >= 0.3 is 0 Å². The van der Waals surface area contributed by atoms with E-state index in [1.54, 1.807) is 11.0 Å². The summed E-state index contributed by atoms with van der Waals surface area (Å²) in [6.45, 7) is 27.1. The van der Waals surface area contributed by atoms with Gasteiger partial charge in [0.1, 0.15) is 0 Å². The van der Waals surface area contributed by atoms with Crippen LogP contribution in [0.5, 0.6) is 0 Å². The topological polar surface area (TPSA) is 98.2 Å². The number of aromatic nitrogens is 1. The van der Waals surface area contributed by atoms with E-state index in [0.717, 1.165) is 32.6 Å². The van der Waals surface area contributed by atoms with Crippen LogP contribution in [0.4, 0.5) is 0 Å². The molecule has 2 aliphatic rings. The average molecular weight is 718 g/mol. The summed E-state index contributed by atoms with van der Waals surface area (Å²) < 4.78 is 5.16. The highest BCUT2D eigenvalue weighted by atomic mass is 16.5. The van der Waals surface area contributed by atoms with Gasteiger partial charge in [-0.15, -0.1) is 0 Å². The number of likely N-dealkylation sites (tertiary alicyclic amines) is 1. The number of likely N-dealkylation sites (N-methyl/N-ethyl adjacent to an activating group) is 1. The van der Waals surface area contributed by atoms with Crippen molar-refractivity contribution in [3.05, 3.63) is 67.0 Å². The van der Waals surface area contributed by atoms with Crippen molar-refractivity contribution in [3.8, 4) is 0 Å². The van der Waals surface area contributed by atoms with Crippen LogP contribution in [0.25, 0.3) is 0 Å². The Morgan fingerprint density at radius 3 is 2.02 bits per heavy atom. The fourth-order valence-corrected chi connectivity index (χ4v) is 4.48. The summed E-state index contributed by atoms with van der Waals surface area (Å²) in [5.41, 5.74) is 1.20. The van der Waals surface area contributed by atoms with Crippen LogP contribution >= 0.6 is 0 Å². The quantitative estimate of drug-likeness (QED) is 0.150. The molecule has 0 bridgehead atoms. The lowest BCUT2D eigenvalue weighted by atomic mass is 10.1. The number of hydrogen-bond donors (Lipinski definition) is 2. The minimum absolute atomic E-state index is 0.0272. The van der Waals surface area contributed by atoms with Crippen LogP contribution in [0.2, 0.25) is 0 Å². The standard InChI is InChI=1S/C11H24N2O3.C9H13N.C8H15NO.C7H10.C5H11N.C2H6/c1-4-11(15)13(6-5-12(2)3)7-9-16-10-8-14;1-3-8(2)9-6-4-5-7-10-9;1-7(2)8(10)9-5-3-4-6-9;1-3-5-7-6-4-2;1-2-4-6-5-3-1;1-2/h14H,4-10H2,1-3H3;4-8H,3H2,1-2H3;7H,3-6H2,1-2H3;3-7H,1H2,2H3;6H,1-5H2;1-2H3/b;;;6-4-,7-5-;;. The Morgan fingerprint density at radius 2 is 1.61 bits per heavy atom. The second kappa shape index (κ2) is 39.9. The molecule has 0 aromatic carbocycles. The second-order valence-electron chi connectivity index (χ2n) is 12.6. The minimum atomic E-state index is 0.0272. The molecule has 51 heavy (non-hydrogen) atoms. The van der Waals surface area contributed by atoms with Crippen molar-refractivity contribution in [3.63, 3.8) is 0 Å². The average Bonchev–Trinajstić information content (AvgIpc) is 3.72. The Hall–Kier alpha value is -2.85. The molecule has 0 spiro atoms. The summed E-state index contributed by atoms with van der Waals surface area (Å²) in [4.78, 5) is 32.9. The normalized spacial score (nSPS) is 14.0. The number of hydrogen-bond acceptors (Lipinski definition) is 7. The van der Waals surface area contributed by atoms with E-state index in [4.69, 9.17) is 9.84 Å². The molecular formula is C42H79N5O4. The Labute approximate surface area is 314 Å². The van der Waals surface area contributed by atoms with Gasteiger partial charge in [0.2, 0.25) is 11.8 Å². The number of carbonyl (C=O) groups is 2. The third kappa shape index (κ3) is 34.0. The molecule has 3 rings (SSSR count). The lowest BCUT2D eigenvalue weighted by molar-refractivity contribution is -0.133. The third-order valence-electron chi connectivity index (χ3n) is 7.69. The van der Waals surface area contributed by atoms with Crippen LogP contribution in [0, 0.1) is 5.92 Å². The highest BCUT2D eigenvalue weighted by Crippen LogP contribution is 2.14. The summed E-state index contributed by atoms with van der Waals surface area (Å²) in [5, 5.41) is 11.8. The van der Waals surface area contributed by atoms with Gasteiger partial charge in [-0.1, -0.05) is 97.9 Å². The number of rotatable bonds is 14. The van der Waals surface area contributed by atoms with E-state index in [1.807, 2.05) is 108 Å². The van der Waals surface area contributed by atoms with Gasteiger partial charge in [0.15, 0.2) is 0 Å². The van der Waals surface area contributed by atoms with Crippen molar-refractivity contribution in [2.24, 2.45) is 5.92 Å². The largest absolute Gasteiger partial charge is 0.394 e. The van der Waals surface area contributed by atoms with E-state index < -0.39 is 0 Å². The molecule has 2 aliphatic heterocycles. The zero-order chi connectivity index (χ0) is 39.1. The zero-order valence-electron chi connectivity index (χ0n) is 34.5. The number of nitrogens with zero attached hydrogens (tertiary/aromatic N) is 4. The van der Waals surface area contributed by atoms with Crippen LogP contribution in [0.15, 0.2) is 61.4 Å². The van der Waals surface area contributed by atoms with E-state index >= 15 is 0 Å². The molecule has 3 heterocycles. The monoisotopic (exact) mass is 718 g/mol. The first-order valence-electron chi connectivity index (χ1n) is 19.5. The first kappa shape index (κ1) is 52.5. The van der Waals surface area contributed by atoms with Gasteiger partial charge in [-0.05, 0) is 84.3 Å². The maximum Gasteiger partial charge on any atom is 0.225 e. The molecule has 2 saturated heterocycles. The second-order valence-corrected chi connectivity index (χ2v) is 12.6. The maximum atomic E-state index is 11.6. The number of aliphatic hydroxyl groups is 1. The molecule has 0 saturated carbocycles. The molecule has 2 fully saturated rings. The molecule has 0 aliphatic carbocycles. The number of aliphatic hydroxyl groups excluding tert-OH is 1. The van der Waals surface area contributed by atoms with Crippen molar-refractivity contribution >= 4 is 11.8 Å². The summed E-state index contributed by atoms with van der Waals surface area (Å²) in [5.74, 6) is 1.24. The lowest BCUT2D eigenvalue weighted by Crippen LogP contribution is -2.38. The Morgan fingerprint density at radius 1 is 0.961 bits per heavy atom. The predicted molar refractivity (Wildman–Crippen MR) is 219 cm³/mol. The van der Waals surface area contributed by atoms with E-state index in [2.05, 4.69) is 36.8 Å². The van der Waals surface area contributed by atoms with E-state index in [-0.39, 0.29) is 18.4 Å². The van der Waals surface area contributed by atoms with Crippen LogP contribution < -0.4 is 5.32 Å². The number of allylic oxidation sites excluding steroid dienone is 5. The van der Waals surface area contributed by atoms with Crippen molar-refractivity contribution in [2.45, 2.75) is 106 Å². The molecule has 9 nitrogen and oxygen atoms in total. The summed E-state index contributed by atoms with van der Waals surface area (Å²) in [7, 11) is 3.97. The number of carbonyl (C=O) groups excluding carboxylic acids is 2. The number of ether oxygens (including phenoxy) is 1. The summed E-state index contributed by atoms with van der Waals surface area (Å²) >= 11 is 0. The number of nitrogens with one attached hydrogen (secondary N) is 1. The van der Waals surface area contributed by atoms with Gasteiger partial charge in [0.25, 0.3) is 0 Å². The van der Waals surface area contributed by atoms with Gasteiger partial charge in [-0.25, -0.2) is 0 Å². The highest BCUT2D eigenvalue weighted by molar-refractivity contribution is 5.78. The molecule has 2 N–H and O–H groups in total. The molecule has 2 amide bonds. The number of amides is 2. The van der Waals surface area contributed by atoms with Crippen molar-refractivity contribution in [2.75, 3.05) is 79.7 Å². The molecule has 0 radical (unpaired) electrons. The number of piperidine rings is 1. The molecule has 1 aromatic heterocycles. The van der Waals surface area contributed by atoms with Crippen LogP contribution in [0.3, 0.4) is 0 Å². The Bertz CT molecular complexity index is 948. The van der Waals surface area contributed by atoms with Gasteiger partial charge in [0.05, 0.1) is 19.8 Å².